The van der Waals surface area contributed by atoms with Gasteiger partial charge in [-0.25, -0.2) is 4.98 Å². The molecule has 0 bridgehead atoms. The predicted molar refractivity (Wildman–Crippen MR) is 100 cm³/mol. The van der Waals surface area contributed by atoms with E-state index >= 15 is 0 Å². The molecule has 0 aliphatic carbocycles. The second-order valence-electron chi connectivity index (χ2n) is 5.67. The Hall–Kier alpha value is -1.41. The lowest BCUT2D eigenvalue weighted by Crippen LogP contribution is -2.48. The van der Waals surface area contributed by atoms with Crippen molar-refractivity contribution in [3.05, 3.63) is 39.6 Å². The van der Waals surface area contributed by atoms with Gasteiger partial charge in [0.15, 0.2) is 0 Å². The summed E-state index contributed by atoms with van der Waals surface area (Å²) in [5.41, 5.74) is 0.517. The second-order valence-corrected chi connectivity index (χ2v) is 7.28. The molecule has 25 heavy (non-hydrogen) atoms. The minimum atomic E-state index is -0.0536. The number of ether oxygens (including phenoxy) is 1. The van der Waals surface area contributed by atoms with Gasteiger partial charge in [0.2, 0.25) is 5.13 Å². The summed E-state index contributed by atoms with van der Waals surface area (Å²) in [6.45, 7) is 3.30. The number of aromatic nitrogens is 2. The molecule has 1 aromatic heterocycles. The molecule has 6 nitrogen and oxygen atoms in total. The maximum atomic E-state index is 12.6. The monoisotopic (exact) mass is 400 g/mol. The van der Waals surface area contributed by atoms with Crippen LogP contribution in [0.2, 0.25) is 10.0 Å². The first-order valence-electron chi connectivity index (χ1n) is 7.88. The number of benzene rings is 1. The molecule has 0 spiro atoms. The topological polar surface area (TPSA) is 58.6 Å². The van der Waals surface area contributed by atoms with E-state index < -0.39 is 0 Å². The van der Waals surface area contributed by atoms with Crippen molar-refractivity contribution >= 4 is 45.8 Å². The third-order valence-electron chi connectivity index (χ3n) is 3.93. The van der Waals surface area contributed by atoms with Crippen LogP contribution in [0.3, 0.4) is 0 Å². The number of hydrogen-bond acceptors (Lipinski definition) is 6. The predicted octanol–water partition coefficient (Wildman–Crippen LogP) is 3.00. The maximum absolute atomic E-state index is 12.6. The highest BCUT2D eigenvalue weighted by Crippen LogP contribution is 2.22. The van der Waals surface area contributed by atoms with E-state index in [2.05, 4.69) is 14.3 Å². The highest BCUT2D eigenvalue weighted by Gasteiger charge is 2.24. The van der Waals surface area contributed by atoms with Crippen molar-refractivity contribution in [3.63, 3.8) is 0 Å². The molecule has 134 valence electrons. The SMILES string of the molecule is COCCc1nsc(N2CCN(C(=O)c3cc(Cl)cc(Cl)c3)CC2)n1. The zero-order valence-electron chi connectivity index (χ0n) is 13.7. The van der Waals surface area contributed by atoms with Crippen LogP contribution >= 0.6 is 34.7 Å². The van der Waals surface area contributed by atoms with Crippen LogP contribution in [0.5, 0.6) is 0 Å². The van der Waals surface area contributed by atoms with Crippen LogP contribution in [-0.4, -0.2) is 60.1 Å². The fraction of sp³-hybridized carbons (Fsp3) is 0.438. The molecule has 2 aromatic rings. The largest absolute Gasteiger partial charge is 0.384 e. The number of hydrogen-bond donors (Lipinski definition) is 0. The van der Waals surface area contributed by atoms with E-state index in [1.54, 1.807) is 25.3 Å². The third kappa shape index (κ3) is 4.61. The number of rotatable bonds is 5. The fourth-order valence-corrected chi connectivity index (χ4v) is 3.92. The van der Waals surface area contributed by atoms with Crippen molar-refractivity contribution in [2.75, 3.05) is 44.8 Å². The first-order chi connectivity index (χ1) is 12.1. The molecular weight excluding hydrogens is 383 g/mol. The van der Waals surface area contributed by atoms with E-state index in [1.165, 1.54) is 11.5 Å². The number of anilines is 1. The Labute approximate surface area is 160 Å². The summed E-state index contributed by atoms with van der Waals surface area (Å²) in [6, 6.07) is 4.92. The number of piperazine rings is 1. The normalized spacial score (nSPS) is 14.8. The van der Waals surface area contributed by atoms with Gasteiger partial charge in [0, 0.05) is 66.9 Å². The Morgan fingerprint density at radius 1 is 1.20 bits per heavy atom. The Kier molecular flexibility index (Phi) is 6.11. The molecule has 2 heterocycles. The average Bonchev–Trinajstić information content (AvgIpc) is 3.07. The zero-order chi connectivity index (χ0) is 17.8. The van der Waals surface area contributed by atoms with E-state index in [0.717, 1.165) is 24.0 Å². The third-order valence-corrected chi connectivity index (χ3v) is 5.19. The standard InChI is InChI=1S/C16H18Cl2N4O2S/c1-24-7-2-14-19-16(25-20-14)22-5-3-21(4-6-22)15(23)11-8-12(17)10-13(18)9-11/h8-10H,2-7H2,1H3. The van der Waals surface area contributed by atoms with E-state index in [0.29, 0.717) is 41.7 Å². The first kappa shape index (κ1) is 18.4. The lowest BCUT2D eigenvalue weighted by Gasteiger charge is -2.34. The van der Waals surface area contributed by atoms with Crippen LogP contribution in [0.1, 0.15) is 16.2 Å². The number of carbonyl (C=O) groups is 1. The summed E-state index contributed by atoms with van der Waals surface area (Å²) in [6.07, 6.45) is 0.709. The summed E-state index contributed by atoms with van der Waals surface area (Å²) < 4.78 is 9.40. The van der Waals surface area contributed by atoms with Gasteiger partial charge >= 0.3 is 0 Å². The number of nitrogens with zero attached hydrogens (tertiary/aromatic N) is 4. The Bertz CT molecular complexity index is 727. The van der Waals surface area contributed by atoms with Crippen LogP contribution < -0.4 is 4.90 Å². The van der Waals surface area contributed by atoms with Crippen LogP contribution in [0.4, 0.5) is 5.13 Å². The molecule has 0 atom stereocenters. The smallest absolute Gasteiger partial charge is 0.254 e. The molecule has 0 N–H and O–H groups in total. The molecule has 0 saturated carbocycles. The van der Waals surface area contributed by atoms with Gasteiger partial charge in [0.25, 0.3) is 5.91 Å². The Balaban J connectivity index is 1.59. The van der Waals surface area contributed by atoms with Crippen molar-refractivity contribution in [1.29, 1.82) is 0 Å². The molecule has 3 rings (SSSR count). The van der Waals surface area contributed by atoms with Gasteiger partial charge in [-0.05, 0) is 18.2 Å². The van der Waals surface area contributed by atoms with Gasteiger partial charge in [0.05, 0.1) is 6.61 Å². The van der Waals surface area contributed by atoms with Crippen molar-refractivity contribution in [2.24, 2.45) is 0 Å². The van der Waals surface area contributed by atoms with E-state index in [1.807, 2.05) is 4.90 Å². The minimum absolute atomic E-state index is 0.0536. The Morgan fingerprint density at radius 2 is 1.88 bits per heavy atom. The van der Waals surface area contributed by atoms with Crippen molar-refractivity contribution in [2.45, 2.75) is 6.42 Å². The van der Waals surface area contributed by atoms with Gasteiger partial charge in [-0.2, -0.15) is 4.37 Å². The molecule has 1 fully saturated rings. The summed E-state index contributed by atoms with van der Waals surface area (Å²) in [5, 5.41) is 1.82. The highest BCUT2D eigenvalue weighted by molar-refractivity contribution is 7.09. The van der Waals surface area contributed by atoms with E-state index in [4.69, 9.17) is 27.9 Å². The molecule has 1 aromatic carbocycles. The molecule has 1 saturated heterocycles. The Morgan fingerprint density at radius 3 is 2.52 bits per heavy atom. The molecule has 1 amide bonds. The van der Waals surface area contributed by atoms with Crippen LogP contribution in [0, 0.1) is 0 Å². The maximum Gasteiger partial charge on any atom is 0.254 e. The van der Waals surface area contributed by atoms with Gasteiger partial charge < -0.3 is 14.5 Å². The summed E-state index contributed by atoms with van der Waals surface area (Å²) in [7, 11) is 1.66. The lowest BCUT2D eigenvalue weighted by atomic mass is 10.2. The second kappa shape index (κ2) is 8.31. The van der Waals surface area contributed by atoms with Gasteiger partial charge in [0.1, 0.15) is 5.82 Å². The average molecular weight is 401 g/mol. The lowest BCUT2D eigenvalue weighted by molar-refractivity contribution is 0.0746. The van der Waals surface area contributed by atoms with Crippen LogP contribution in [0.15, 0.2) is 18.2 Å². The highest BCUT2D eigenvalue weighted by atomic mass is 35.5. The number of carbonyl (C=O) groups excluding carboxylic acids is 1. The molecule has 9 heteroatoms. The van der Waals surface area contributed by atoms with Gasteiger partial charge in [-0.15, -0.1) is 0 Å². The summed E-state index contributed by atoms with van der Waals surface area (Å²) in [4.78, 5) is 21.1. The molecule has 0 unspecified atom stereocenters. The van der Waals surface area contributed by atoms with Crippen molar-refractivity contribution in [3.8, 4) is 0 Å². The first-order valence-corrected chi connectivity index (χ1v) is 9.41. The van der Waals surface area contributed by atoms with Crippen molar-refractivity contribution in [1.82, 2.24) is 14.3 Å². The van der Waals surface area contributed by atoms with Gasteiger partial charge in [-0.3, -0.25) is 4.79 Å². The zero-order valence-corrected chi connectivity index (χ0v) is 16.1. The van der Waals surface area contributed by atoms with E-state index in [-0.39, 0.29) is 5.91 Å². The molecule has 1 aliphatic rings. The minimum Gasteiger partial charge on any atom is -0.384 e. The van der Waals surface area contributed by atoms with Crippen molar-refractivity contribution < 1.29 is 9.53 Å². The number of methoxy groups -OCH3 is 1. The summed E-state index contributed by atoms with van der Waals surface area (Å²) >= 11 is 13.4. The number of amides is 1. The molecule has 1 aliphatic heterocycles. The van der Waals surface area contributed by atoms with Crippen LogP contribution in [-0.2, 0) is 11.2 Å². The number of halogens is 2. The molecular formula is C16H18Cl2N4O2S. The molecule has 0 radical (unpaired) electrons. The van der Waals surface area contributed by atoms with Crippen LogP contribution in [0.25, 0.3) is 0 Å². The van der Waals surface area contributed by atoms with Gasteiger partial charge in [-0.1, -0.05) is 23.2 Å². The summed E-state index contributed by atoms with van der Waals surface area (Å²) in [5.74, 6) is 0.746. The fourth-order valence-electron chi connectivity index (χ4n) is 2.63. The van der Waals surface area contributed by atoms with E-state index in [9.17, 15) is 4.79 Å². The quantitative estimate of drug-likeness (QED) is 0.771.